The molecule has 0 saturated heterocycles. The van der Waals surface area contributed by atoms with Crippen molar-refractivity contribution in [1.82, 2.24) is 9.78 Å². The molecule has 2 aromatic rings. The van der Waals surface area contributed by atoms with Crippen LogP contribution in [0.25, 0.3) is 0 Å². The third-order valence-electron chi connectivity index (χ3n) is 3.56. The lowest BCUT2D eigenvalue weighted by molar-refractivity contribution is 0.523. The highest BCUT2D eigenvalue weighted by atomic mass is 32.1. The number of benzene rings is 1. The molecule has 1 unspecified atom stereocenters. The van der Waals surface area contributed by atoms with E-state index in [1.54, 1.807) is 0 Å². The number of nitrogens with two attached hydrogens (primary N) is 1. The maximum atomic E-state index is 5.75. The maximum absolute atomic E-state index is 5.75. The summed E-state index contributed by atoms with van der Waals surface area (Å²) < 4.78 is 2.04. The number of nitrogens with zero attached hydrogens (tertiary/aromatic N) is 2. The van der Waals surface area contributed by atoms with Crippen molar-refractivity contribution in [2.75, 3.05) is 0 Å². The minimum atomic E-state index is 0.0751. The van der Waals surface area contributed by atoms with Gasteiger partial charge in [0.05, 0.1) is 16.7 Å². The summed E-state index contributed by atoms with van der Waals surface area (Å²) in [6.07, 6.45) is 0.626. The molecule has 0 radical (unpaired) electrons. The molecule has 1 aromatic carbocycles. The first-order valence-corrected chi connectivity index (χ1v) is 6.77. The second-order valence-electron chi connectivity index (χ2n) is 4.84. The quantitative estimate of drug-likeness (QED) is 0.871. The van der Waals surface area contributed by atoms with E-state index in [2.05, 4.69) is 31.1 Å². The van der Waals surface area contributed by atoms with Gasteiger partial charge < -0.3 is 5.73 Å². The predicted octanol–water partition coefficient (Wildman–Crippen LogP) is 3.07. The van der Waals surface area contributed by atoms with E-state index in [-0.39, 0.29) is 6.04 Å². The Morgan fingerprint density at radius 1 is 1.26 bits per heavy atom. The second-order valence-corrected chi connectivity index (χ2v) is 5.36. The van der Waals surface area contributed by atoms with Crippen molar-refractivity contribution < 1.29 is 0 Å². The summed E-state index contributed by atoms with van der Waals surface area (Å²) in [7, 11) is 0. The van der Waals surface area contributed by atoms with E-state index in [0.29, 0.717) is 11.4 Å². The molecule has 2 N–H and O–H groups in total. The molecule has 100 valence electrons. The van der Waals surface area contributed by atoms with Gasteiger partial charge in [-0.25, -0.2) is 0 Å². The molecule has 0 aliphatic heterocycles. The molecule has 0 amide bonds. The van der Waals surface area contributed by atoms with E-state index in [4.69, 9.17) is 18.0 Å². The summed E-state index contributed by atoms with van der Waals surface area (Å²) in [5, 5.41) is 4.64. The fourth-order valence-corrected chi connectivity index (χ4v) is 2.42. The van der Waals surface area contributed by atoms with Crippen LogP contribution in [-0.2, 0) is 0 Å². The van der Waals surface area contributed by atoms with Gasteiger partial charge in [0.1, 0.15) is 0 Å². The molecule has 3 nitrogen and oxygen atoms in total. The number of thiocarbonyl (C=S) groups is 1. The van der Waals surface area contributed by atoms with Gasteiger partial charge in [0.15, 0.2) is 0 Å². The molecule has 2 rings (SSSR count). The van der Waals surface area contributed by atoms with Crippen LogP contribution in [0.2, 0.25) is 0 Å². The Kier molecular flexibility index (Phi) is 4.00. The molecule has 0 aliphatic carbocycles. The summed E-state index contributed by atoms with van der Waals surface area (Å²) in [4.78, 5) is 0.513. The van der Waals surface area contributed by atoms with Gasteiger partial charge in [0.2, 0.25) is 0 Å². The van der Waals surface area contributed by atoms with Crippen LogP contribution in [0, 0.1) is 20.8 Å². The van der Waals surface area contributed by atoms with E-state index in [1.807, 2.05) is 29.8 Å². The SMILES string of the molecule is Cc1nn(C(CC(N)=S)c2ccccc2)c(C)c1C. The zero-order chi connectivity index (χ0) is 14.0. The molecular formula is C15H19N3S. The van der Waals surface area contributed by atoms with Crippen molar-refractivity contribution in [2.45, 2.75) is 33.2 Å². The third kappa shape index (κ3) is 2.84. The second kappa shape index (κ2) is 5.53. The molecule has 0 aliphatic rings. The first-order valence-electron chi connectivity index (χ1n) is 6.36. The fourth-order valence-electron chi connectivity index (χ4n) is 2.26. The molecule has 19 heavy (non-hydrogen) atoms. The first-order chi connectivity index (χ1) is 9.00. The molecule has 1 atom stereocenters. The van der Waals surface area contributed by atoms with E-state index < -0.39 is 0 Å². The van der Waals surface area contributed by atoms with E-state index >= 15 is 0 Å². The van der Waals surface area contributed by atoms with Gasteiger partial charge >= 0.3 is 0 Å². The Bertz CT molecular complexity index is 587. The van der Waals surface area contributed by atoms with Crippen LogP contribution in [0.3, 0.4) is 0 Å². The number of rotatable bonds is 4. The summed E-state index contributed by atoms with van der Waals surface area (Å²) >= 11 is 5.09. The van der Waals surface area contributed by atoms with Crippen LogP contribution in [0.1, 0.15) is 35.0 Å². The summed E-state index contributed by atoms with van der Waals surface area (Å²) in [6.45, 7) is 6.21. The lowest BCUT2D eigenvalue weighted by Gasteiger charge is -2.19. The average molecular weight is 273 g/mol. The van der Waals surface area contributed by atoms with Gasteiger partial charge in [-0.2, -0.15) is 5.10 Å². The Morgan fingerprint density at radius 2 is 1.89 bits per heavy atom. The number of aromatic nitrogens is 2. The Labute approximate surface area is 119 Å². The highest BCUT2D eigenvalue weighted by Gasteiger charge is 2.19. The minimum Gasteiger partial charge on any atom is -0.393 e. The van der Waals surface area contributed by atoms with Crippen LogP contribution >= 0.6 is 12.2 Å². The smallest absolute Gasteiger partial charge is 0.0834 e. The summed E-state index contributed by atoms with van der Waals surface area (Å²) in [6, 6.07) is 10.3. The van der Waals surface area contributed by atoms with Crippen LogP contribution in [-0.4, -0.2) is 14.8 Å². The molecule has 0 bridgehead atoms. The van der Waals surface area contributed by atoms with Gasteiger partial charge in [-0.3, -0.25) is 4.68 Å². The lowest BCUT2D eigenvalue weighted by atomic mass is 10.0. The van der Waals surface area contributed by atoms with Gasteiger partial charge in [0, 0.05) is 12.1 Å². The highest BCUT2D eigenvalue weighted by Crippen LogP contribution is 2.25. The Balaban J connectivity index is 2.49. The van der Waals surface area contributed by atoms with Crippen molar-refractivity contribution in [3.05, 3.63) is 52.8 Å². The average Bonchev–Trinajstić information content (AvgIpc) is 2.64. The van der Waals surface area contributed by atoms with Crippen LogP contribution in [0.15, 0.2) is 30.3 Å². The van der Waals surface area contributed by atoms with Gasteiger partial charge in [-0.15, -0.1) is 0 Å². The van der Waals surface area contributed by atoms with Gasteiger partial charge in [0.25, 0.3) is 0 Å². The first kappa shape index (κ1) is 13.7. The summed E-state index contributed by atoms with van der Waals surface area (Å²) in [5.74, 6) is 0. The van der Waals surface area contributed by atoms with Crippen LogP contribution in [0.5, 0.6) is 0 Å². The lowest BCUT2D eigenvalue weighted by Crippen LogP contribution is -2.21. The molecule has 1 heterocycles. The van der Waals surface area contributed by atoms with E-state index in [0.717, 1.165) is 5.69 Å². The molecular weight excluding hydrogens is 254 g/mol. The Morgan fingerprint density at radius 3 is 2.37 bits per heavy atom. The molecule has 0 fully saturated rings. The third-order valence-corrected chi connectivity index (χ3v) is 3.73. The van der Waals surface area contributed by atoms with Crippen molar-refractivity contribution in [1.29, 1.82) is 0 Å². The van der Waals surface area contributed by atoms with Crippen molar-refractivity contribution in [3.8, 4) is 0 Å². The molecule has 4 heteroatoms. The molecule has 0 spiro atoms. The number of hydrogen-bond donors (Lipinski definition) is 1. The maximum Gasteiger partial charge on any atom is 0.0834 e. The largest absolute Gasteiger partial charge is 0.393 e. The molecule has 0 saturated carbocycles. The van der Waals surface area contributed by atoms with Crippen molar-refractivity contribution in [2.24, 2.45) is 5.73 Å². The van der Waals surface area contributed by atoms with E-state index in [1.165, 1.54) is 16.8 Å². The van der Waals surface area contributed by atoms with Crippen LogP contribution in [0.4, 0.5) is 0 Å². The van der Waals surface area contributed by atoms with Crippen molar-refractivity contribution >= 4 is 17.2 Å². The topological polar surface area (TPSA) is 43.8 Å². The van der Waals surface area contributed by atoms with Crippen LogP contribution < -0.4 is 5.73 Å². The Hall–Kier alpha value is -1.68. The fraction of sp³-hybridized carbons (Fsp3) is 0.333. The highest BCUT2D eigenvalue weighted by molar-refractivity contribution is 7.80. The number of hydrogen-bond acceptors (Lipinski definition) is 2. The standard InChI is InChI=1S/C15H19N3S/c1-10-11(2)17-18(12(10)3)14(9-15(16)19)13-7-5-4-6-8-13/h4-8,14H,9H2,1-3H3,(H2,16,19). The van der Waals surface area contributed by atoms with E-state index in [9.17, 15) is 0 Å². The zero-order valence-corrected chi connectivity index (χ0v) is 12.4. The minimum absolute atomic E-state index is 0.0751. The normalized spacial score (nSPS) is 12.4. The predicted molar refractivity (Wildman–Crippen MR) is 82.4 cm³/mol. The summed E-state index contributed by atoms with van der Waals surface area (Å²) in [5.41, 5.74) is 10.4. The number of aryl methyl sites for hydroxylation is 1. The van der Waals surface area contributed by atoms with Crippen molar-refractivity contribution in [3.63, 3.8) is 0 Å². The molecule has 1 aromatic heterocycles. The monoisotopic (exact) mass is 273 g/mol. The van der Waals surface area contributed by atoms with Gasteiger partial charge in [-0.1, -0.05) is 42.5 Å². The van der Waals surface area contributed by atoms with Gasteiger partial charge in [-0.05, 0) is 31.9 Å². The zero-order valence-electron chi connectivity index (χ0n) is 11.6.